The Hall–Kier alpha value is -0.640. The molecule has 0 fully saturated rings. The number of carbonyl (C=O) groups excluding carboxylic acids is 1. The summed E-state index contributed by atoms with van der Waals surface area (Å²) in [5.41, 5.74) is 2.04. The lowest BCUT2D eigenvalue weighted by Gasteiger charge is -2.02. The van der Waals surface area contributed by atoms with Gasteiger partial charge in [-0.2, -0.15) is 0 Å². The second-order valence-electron chi connectivity index (χ2n) is 2.11. The highest BCUT2D eigenvalue weighted by Crippen LogP contribution is 1.87. The molecule has 0 bridgehead atoms. The first-order chi connectivity index (χ1) is 6.31. The molecule has 0 saturated carbocycles. The first kappa shape index (κ1) is 12.4. The zero-order valence-corrected chi connectivity index (χ0v) is 9.59. The smallest absolute Gasteiger partial charge is 0.441 e. The van der Waals surface area contributed by atoms with Gasteiger partial charge in [0.1, 0.15) is 6.11 Å². The lowest BCUT2D eigenvalue weighted by Crippen LogP contribution is -2.23. The van der Waals surface area contributed by atoms with Gasteiger partial charge >= 0.3 is 6.09 Å². The molecule has 0 aromatic rings. The molecule has 4 nitrogen and oxygen atoms in total. The van der Waals surface area contributed by atoms with Crippen molar-refractivity contribution in [2.45, 2.75) is 19.8 Å². The van der Waals surface area contributed by atoms with E-state index < -0.39 is 6.09 Å². The zero-order valence-electron chi connectivity index (χ0n) is 7.43. The Morgan fingerprint density at radius 1 is 1.62 bits per heavy atom. The third-order valence-corrected chi connectivity index (χ3v) is 1.44. The van der Waals surface area contributed by atoms with Crippen LogP contribution >= 0.6 is 22.6 Å². The molecule has 0 spiro atoms. The van der Waals surface area contributed by atoms with Crippen molar-refractivity contribution in [1.82, 2.24) is 5.48 Å². The number of hydrogen-bond donors (Lipinski definition) is 1. The molecule has 5 heteroatoms. The maximum absolute atomic E-state index is 10.8. The van der Waals surface area contributed by atoms with E-state index in [0.717, 1.165) is 12.8 Å². The fourth-order valence-electron chi connectivity index (χ4n) is 0.469. The predicted octanol–water partition coefficient (Wildman–Crippen LogP) is 1.84. The minimum atomic E-state index is -0.601. The van der Waals surface area contributed by atoms with Crippen LogP contribution in [0.2, 0.25) is 0 Å². The van der Waals surface area contributed by atoms with Crippen LogP contribution in [-0.4, -0.2) is 17.1 Å². The van der Waals surface area contributed by atoms with Crippen molar-refractivity contribution < 1.29 is 14.4 Å². The molecule has 0 aliphatic heterocycles. The number of alkyl halides is 1. The van der Waals surface area contributed by atoms with E-state index in [1.165, 1.54) is 0 Å². The van der Waals surface area contributed by atoms with Crippen LogP contribution in [-0.2, 0) is 9.57 Å². The Morgan fingerprint density at radius 2 is 2.38 bits per heavy atom. The molecule has 0 aromatic heterocycles. The summed E-state index contributed by atoms with van der Waals surface area (Å²) >= 11 is 2.07. The molecule has 0 unspecified atom stereocenters. The molecule has 0 saturated heterocycles. The summed E-state index contributed by atoms with van der Waals surface area (Å²) < 4.78 is 5.38. The van der Waals surface area contributed by atoms with E-state index in [4.69, 9.17) is 4.74 Å². The molecule has 0 aliphatic carbocycles. The van der Waals surface area contributed by atoms with Crippen LogP contribution in [0.4, 0.5) is 4.79 Å². The molecule has 0 aromatic carbocycles. The predicted molar refractivity (Wildman–Crippen MR) is 57.1 cm³/mol. The van der Waals surface area contributed by atoms with Crippen LogP contribution in [0.3, 0.4) is 0 Å². The van der Waals surface area contributed by atoms with Crippen molar-refractivity contribution in [3.8, 4) is 12.0 Å². The molecule has 0 aliphatic rings. The summed E-state index contributed by atoms with van der Waals surface area (Å²) in [7, 11) is 0. The second kappa shape index (κ2) is 9.45. The Bertz CT molecular complexity index is 197. The van der Waals surface area contributed by atoms with Gasteiger partial charge in [0.15, 0.2) is 0 Å². The number of carbonyl (C=O) groups is 1. The fraction of sp³-hybridized carbons (Fsp3) is 0.625. The van der Waals surface area contributed by atoms with Gasteiger partial charge in [-0.15, -0.1) is 5.48 Å². The molecule has 1 N–H and O–H groups in total. The minimum absolute atomic E-state index is 0.408. The van der Waals surface area contributed by atoms with Crippen LogP contribution in [0, 0.1) is 12.0 Å². The Kier molecular flexibility index (Phi) is 8.98. The lowest BCUT2D eigenvalue weighted by molar-refractivity contribution is 0.0866. The van der Waals surface area contributed by atoms with Gasteiger partial charge in [-0.05, 0) is 12.3 Å². The number of rotatable bonds is 4. The standard InChI is InChI=1S/C8H12INO3/c1-2-3-6-12-8(11)10-13-7-4-5-9/h2-3,5-6H2,1H3,(H,10,11). The first-order valence-corrected chi connectivity index (χ1v) is 5.46. The number of unbranched alkanes of at least 4 members (excludes halogenated alkanes) is 1. The maximum Gasteiger partial charge on any atom is 0.441 e. The highest BCUT2D eigenvalue weighted by Gasteiger charge is 1.98. The van der Waals surface area contributed by atoms with Crippen LogP contribution < -0.4 is 5.48 Å². The van der Waals surface area contributed by atoms with Crippen LogP contribution in [0.1, 0.15) is 19.8 Å². The summed E-state index contributed by atoms with van der Waals surface area (Å²) in [6.45, 7) is 2.43. The summed E-state index contributed by atoms with van der Waals surface area (Å²) in [6.07, 6.45) is 3.53. The number of ether oxygens (including phenoxy) is 1. The van der Waals surface area contributed by atoms with Gasteiger partial charge in [-0.1, -0.05) is 35.9 Å². The fourth-order valence-corrected chi connectivity index (χ4v) is 0.625. The zero-order chi connectivity index (χ0) is 9.94. The summed E-state index contributed by atoms with van der Waals surface area (Å²) in [5.74, 6) is 2.62. The molecule has 74 valence electrons. The Balaban J connectivity index is 3.30. The van der Waals surface area contributed by atoms with E-state index in [1.54, 1.807) is 0 Å². The van der Waals surface area contributed by atoms with Crippen molar-refractivity contribution >= 4 is 28.7 Å². The summed E-state index contributed by atoms with van der Waals surface area (Å²) in [4.78, 5) is 15.2. The third-order valence-electron chi connectivity index (χ3n) is 1.06. The molecule has 13 heavy (non-hydrogen) atoms. The number of hydroxylamine groups is 1. The van der Waals surface area contributed by atoms with E-state index in [-0.39, 0.29) is 0 Å². The van der Waals surface area contributed by atoms with E-state index in [9.17, 15) is 4.79 Å². The van der Waals surface area contributed by atoms with Crippen molar-refractivity contribution in [2.75, 3.05) is 11.0 Å². The van der Waals surface area contributed by atoms with E-state index >= 15 is 0 Å². The number of nitrogens with one attached hydrogen (secondary N) is 1. The van der Waals surface area contributed by atoms with Crippen molar-refractivity contribution in [1.29, 1.82) is 0 Å². The van der Waals surface area contributed by atoms with Gasteiger partial charge in [0, 0.05) is 0 Å². The third kappa shape index (κ3) is 9.27. The molecule has 0 radical (unpaired) electrons. The van der Waals surface area contributed by atoms with Crippen molar-refractivity contribution in [3.05, 3.63) is 0 Å². The molecule has 1 amide bonds. The Labute approximate surface area is 91.4 Å². The minimum Gasteiger partial charge on any atom is -0.447 e. The number of amides is 1. The normalized spacial score (nSPS) is 8.15. The number of halogens is 1. The highest BCUT2D eigenvalue weighted by atomic mass is 127. The van der Waals surface area contributed by atoms with Gasteiger partial charge in [0.25, 0.3) is 0 Å². The topological polar surface area (TPSA) is 47.6 Å². The summed E-state index contributed by atoms with van der Waals surface area (Å²) in [5, 5.41) is 0. The van der Waals surface area contributed by atoms with Crippen molar-refractivity contribution in [3.63, 3.8) is 0 Å². The SMILES string of the molecule is CCCCOC(=O)NOC#CCI. The largest absolute Gasteiger partial charge is 0.447 e. The molecule has 0 atom stereocenters. The molecule has 0 heterocycles. The van der Waals surface area contributed by atoms with Gasteiger partial charge in [-0.3, -0.25) is 0 Å². The Morgan fingerprint density at radius 3 is 3.00 bits per heavy atom. The lowest BCUT2D eigenvalue weighted by atomic mass is 10.4. The first-order valence-electron chi connectivity index (χ1n) is 3.93. The molecular weight excluding hydrogens is 285 g/mol. The molecule has 0 rings (SSSR count). The van der Waals surface area contributed by atoms with Crippen molar-refractivity contribution in [2.24, 2.45) is 0 Å². The monoisotopic (exact) mass is 297 g/mol. The van der Waals surface area contributed by atoms with Gasteiger partial charge in [0.05, 0.1) is 11.0 Å². The number of hydrogen-bond acceptors (Lipinski definition) is 3. The van der Waals surface area contributed by atoms with Crippen LogP contribution in [0.5, 0.6) is 0 Å². The van der Waals surface area contributed by atoms with Crippen LogP contribution in [0.25, 0.3) is 0 Å². The maximum atomic E-state index is 10.8. The summed E-state index contributed by atoms with van der Waals surface area (Å²) in [6, 6.07) is 0. The second-order valence-corrected chi connectivity index (χ2v) is 2.87. The van der Waals surface area contributed by atoms with Gasteiger partial charge in [-0.25, -0.2) is 4.79 Å². The van der Waals surface area contributed by atoms with Gasteiger partial charge in [0.2, 0.25) is 0 Å². The van der Waals surface area contributed by atoms with E-state index in [2.05, 4.69) is 39.5 Å². The van der Waals surface area contributed by atoms with Gasteiger partial charge < -0.3 is 9.57 Å². The average Bonchev–Trinajstić information content (AvgIpc) is 2.13. The van der Waals surface area contributed by atoms with E-state index in [0.29, 0.717) is 11.0 Å². The van der Waals surface area contributed by atoms with E-state index in [1.807, 2.05) is 12.4 Å². The highest BCUT2D eigenvalue weighted by molar-refractivity contribution is 14.1. The van der Waals surface area contributed by atoms with Crippen LogP contribution in [0.15, 0.2) is 0 Å². The average molecular weight is 297 g/mol. The quantitative estimate of drug-likeness (QED) is 0.283. The molecular formula is C8H12INO3.